The first-order chi connectivity index (χ1) is 5.86. The second kappa shape index (κ2) is 3.13. The van der Waals surface area contributed by atoms with Gasteiger partial charge in [-0.3, -0.25) is 4.79 Å². The van der Waals surface area contributed by atoms with Crippen molar-refractivity contribution < 1.29 is 4.79 Å². The summed E-state index contributed by atoms with van der Waals surface area (Å²) < 4.78 is 0. The number of carbonyl (C=O) groups excluding carboxylic acids is 1. The lowest BCUT2D eigenvalue weighted by atomic mass is 10.1. The molecule has 0 aromatic rings. The molecule has 2 heteroatoms. The van der Waals surface area contributed by atoms with E-state index in [9.17, 15) is 4.79 Å². The van der Waals surface area contributed by atoms with Crippen LogP contribution in [0, 0.1) is 0 Å². The molecule has 2 nitrogen and oxygen atoms in total. The molecular formula is C10H13NO. The number of rotatable bonds is 2. The van der Waals surface area contributed by atoms with Gasteiger partial charge >= 0.3 is 0 Å². The van der Waals surface area contributed by atoms with Gasteiger partial charge in [0.15, 0.2) is 0 Å². The highest BCUT2D eigenvalue weighted by Gasteiger charge is 2.24. The molecule has 0 unspecified atom stereocenters. The third kappa shape index (κ3) is 1.76. The fourth-order valence-electron chi connectivity index (χ4n) is 1.28. The molecule has 64 valence electrons. The topological polar surface area (TPSA) is 29.1 Å². The van der Waals surface area contributed by atoms with Gasteiger partial charge in [0.2, 0.25) is 0 Å². The van der Waals surface area contributed by atoms with Gasteiger partial charge < -0.3 is 5.32 Å². The molecule has 1 fully saturated rings. The Bertz CT molecular complexity index is 249. The van der Waals surface area contributed by atoms with Gasteiger partial charge in [-0.25, -0.2) is 0 Å². The summed E-state index contributed by atoms with van der Waals surface area (Å²) in [5, 5.41) is 2.97. The second-order valence-corrected chi connectivity index (χ2v) is 3.39. The van der Waals surface area contributed by atoms with Crippen LogP contribution in [0.3, 0.4) is 0 Å². The lowest BCUT2D eigenvalue weighted by Gasteiger charge is -2.06. The van der Waals surface area contributed by atoms with E-state index in [1.807, 2.05) is 12.2 Å². The van der Waals surface area contributed by atoms with Gasteiger partial charge in [-0.15, -0.1) is 0 Å². The fourth-order valence-corrected chi connectivity index (χ4v) is 1.28. The van der Waals surface area contributed by atoms with Gasteiger partial charge in [-0.2, -0.15) is 0 Å². The second-order valence-electron chi connectivity index (χ2n) is 3.39. The van der Waals surface area contributed by atoms with Crippen LogP contribution < -0.4 is 5.32 Å². The molecule has 0 radical (unpaired) electrons. The zero-order valence-corrected chi connectivity index (χ0v) is 7.05. The molecule has 0 aromatic carbocycles. The van der Waals surface area contributed by atoms with E-state index in [0.29, 0.717) is 6.04 Å². The van der Waals surface area contributed by atoms with E-state index >= 15 is 0 Å². The van der Waals surface area contributed by atoms with E-state index in [4.69, 9.17) is 0 Å². The van der Waals surface area contributed by atoms with Crippen LogP contribution >= 0.6 is 0 Å². The van der Waals surface area contributed by atoms with Gasteiger partial charge in [0.1, 0.15) is 0 Å². The summed E-state index contributed by atoms with van der Waals surface area (Å²) in [6.07, 6.45) is 10.4. The van der Waals surface area contributed by atoms with Crippen LogP contribution in [-0.2, 0) is 4.79 Å². The first kappa shape index (κ1) is 7.59. The molecule has 0 heterocycles. The first-order valence-corrected chi connectivity index (χ1v) is 4.54. The fraction of sp³-hybridized carbons (Fsp3) is 0.500. The van der Waals surface area contributed by atoms with E-state index in [0.717, 1.165) is 31.3 Å². The number of nitrogens with one attached hydrogen (secondary N) is 1. The summed E-state index contributed by atoms with van der Waals surface area (Å²) in [5.41, 5.74) is 0.841. The molecule has 2 aliphatic rings. The van der Waals surface area contributed by atoms with Crippen molar-refractivity contribution in [3.05, 3.63) is 23.8 Å². The van der Waals surface area contributed by atoms with Crippen LogP contribution in [-0.4, -0.2) is 11.9 Å². The monoisotopic (exact) mass is 163 g/mol. The zero-order valence-electron chi connectivity index (χ0n) is 7.05. The third-order valence-electron chi connectivity index (χ3n) is 2.17. The first-order valence-electron chi connectivity index (χ1n) is 4.54. The maximum absolute atomic E-state index is 11.4. The largest absolute Gasteiger partial charge is 0.349 e. The molecule has 1 amide bonds. The molecule has 0 spiro atoms. The van der Waals surface area contributed by atoms with Crippen molar-refractivity contribution in [1.82, 2.24) is 5.32 Å². The van der Waals surface area contributed by atoms with Crippen LogP contribution in [0.4, 0.5) is 0 Å². The average molecular weight is 163 g/mol. The minimum Gasteiger partial charge on any atom is -0.349 e. The van der Waals surface area contributed by atoms with E-state index < -0.39 is 0 Å². The van der Waals surface area contributed by atoms with E-state index in [-0.39, 0.29) is 5.91 Å². The Kier molecular flexibility index (Phi) is 1.98. The summed E-state index contributed by atoms with van der Waals surface area (Å²) in [7, 11) is 0. The predicted molar refractivity (Wildman–Crippen MR) is 47.6 cm³/mol. The van der Waals surface area contributed by atoms with Crippen molar-refractivity contribution >= 4 is 5.91 Å². The molecule has 1 N–H and O–H groups in total. The number of carbonyl (C=O) groups is 1. The van der Waals surface area contributed by atoms with Crippen LogP contribution in [0.25, 0.3) is 0 Å². The SMILES string of the molecule is O=C(NC1CC1)C1=CCCC=C1. The van der Waals surface area contributed by atoms with Gasteiger partial charge in [0.05, 0.1) is 0 Å². The number of hydrogen-bond acceptors (Lipinski definition) is 1. The maximum Gasteiger partial charge on any atom is 0.251 e. The van der Waals surface area contributed by atoms with E-state index in [1.165, 1.54) is 0 Å². The molecule has 2 rings (SSSR count). The van der Waals surface area contributed by atoms with E-state index in [2.05, 4.69) is 11.4 Å². The van der Waals surface area contributed by atoms with E-state index in [1.54, 1.807) is 0 Å². The molecule has 0 bridgehead atoms. The molecule has 0 aliphatic heterocycles. The summed E-state index contributed by atoms with van der Waals surface area (Å²) in [4.78, 5) is 11.4. The molecular weight excluding hydrogens is 150 g/mol. The third-order valence-corrected chi connectivity index (χ3v) is 2.17. The van der Waals surface area contributed by atoms with Crippen LogP contribution in [0.15, 0.2) is 23.8 Å². The Labute approximate surface area is 72.3 Å². The predicted octanol–water partition coefficient (Wildman–Crippen LogP) is 1.54. The quantitative estimate of drug-likeness (QED) is 0.657. The minimum atomic E-state index is 0.105. The van der Waals surface area contributed by atoms with Gasteiger partial charge in [-0.1, -0.05) is 18.2 Å². The molecule has 0 atom stereocenters. The summed E-state index contributed by atoms with van der Waals surface area (Å²) in [5.74, 6) is 0.105. The lowest BCUT2D eigenvalue weighted by Crippen LogP contribution is -2.26. The summed E-state index contributed by atoms with van der Waals surface area (Å²) in [6, 6.07) is 0.466. The van der Waals surface area contributed by atoms with Crippen molar-refractivity contribution in [2.45, 2.75) is 31.7 Å². The summed E-state index contributed by atoms with van der Waals surface area (Å²) >= 11 is 0. The standard InChI is InChI=1S/C10H13NO/c12-10(11-9-6-7-9)8-4-2-1-3-5-8/h2,4-5,9H,1,3,6-7H2,(H,11,12). The average Bonchev–Trinajstić information content (AvgIpc) is 2.90. The molecule has 0 aromatic heterocycles. The van der Waals surface area contributed by atoms with Crippen molar-refractivity contribution in [1.29, 1.82) is 0 Å². The van der Waals surface area contributed by atoms with Gasteiger partial charge in [0.25, 0.3) is 5.91 Å². The number of allylic oxidation sites excluding steroid dienone is 2. The van der Waals surface area contributed by atoms with Crippen LogP contribution in [0.1, 0.15) is 25.7 Å². The Balaban J connectivity index is 1.93. The Hall–Kier alpha value is -1.05. The highest BCUT2D eigenvalue weighted by Crippen LogP contribution is 2.20. The molecule has 2 aliphatic carbocycles. The Morgan fingerprint density at radius 3 is 2.83 bits per heavy atom. The van der Waals surface area contributed by atoms with Crippen molar-refractivity contribution in [3.8, 4) is 0 Å². The normalized spacial score (nSPS) is 21.8. The number of hydrogen-bond donors (Lipinski definition) is 1. The van der Waals surface area contributed by atoms with Crippen LogP contribution in [0.2, 0.25) is 0 Å². The highest BCUT2D eigenvalue weighted by molar-refractivity contribution is 5.96. The lowest BCUT2D eigenvalue weighted by molar-refractivity contribution is -0.117. The maximum atomic E-state index is 11.4. The van der Waals surface area contributed by atoms with Crippen molar-refractivity contribution in [3.63, 3.8) is 0 Å². The highest BCUT2D eigenvalue weighted by atomic mass is 16.1. The Morgan fingerprint density at radius 2 is 2.25 bits per heavy atom. The summed E-state index contributed by atoms with van der Waals surface area (Å²) in [6.45, 7) is 0. The molecule has 12 heavy (non-hydrogen) atoms. The minimum absolute atomic E-state index is 0.105. The van der Waals surface area contributed by atoms with Crippen LogP contribution in [0.5, 0.6) is 0 Å². The number of amides is 1. The van der Waals surface area contributed by atoms with Crippen molar-refractivity contribution in [2.75, 3.05) is 0 Å². The van der Waals surface area contributed by atoms with Gasteiger partial charge in [-0.05, 0) is 25.7 Å². The molecule has 0 saturated heterocycles. The van der Waals surface area contributed by atoms with Gasteiger partial charge in [0, 0.05) is 11.6 Å². The smallest absolute Gasteiger partial charge is 0.251 e. The molecule has 1 saturated carbocycles. The Morgan fingerprint density at radius 1 is 1.42 bits per heavy atom. The zero-order chi connectivity index (χ0) is 8.39. The van der Waals surface area contributed by atoms with Crippen molar-refractivity contribution in [2.24, 2.45) is 0 Å².